The first-order chi connectivity index (χ1) is 14.4. The summed E-state index contributed by atoms with van der Waals surface area (Å²) < 4.78 is 47.7. The summed E-state index contributed by atoms with van der Waals surface area (Å²) in [4.78, 5) is 4.00. The van der Waals surface area contributed by atoms with E-state index in [0.29, 0.717) is 11.6 Å². The SMILES string of the molecule is OC(Cc1cccnc1)c1c(-c2ccc(Cl)cc2F)noc1-c1ccc(F)cc1F. The van der Waals surface area contributed by atoms with Crippen LogP contribution < -0.4 is 0 Å². The summed E-state index contributed by atoms with van der Waals surface area (Å²) in [6, 6.07) is 10.3. The average molecular weight is 431 g/mol. The van der Waals surface area contributed by atoms with Crippen LogP contribution in [0.25, 0.3) is 22.6 Å². The second-order valence-corrected chi connectivity index (χ2v) is 7.04. The molecule has 0 saturated carbocycles. The summed E-state index contributed by atoms with van der Waals surface area (Å²) in [7, 11) is 0. The summed E-state index contributed by atoms with van der Waals surface area (Å²) in [6.07, 6.45) is 2.01. The van der Waals surface area contributed by atoms with E-state index in [9.17, 15) is 18.3 Å². The number of hydrogen-bond donors (Lipinski definition) is 1. The Kier molecular flexibility index (Phi) is 5.57. The number of nitrogens with zero attached hydrogens (tertiary/aromatic N) is 2. The number of pyridine rings is 1. The zero-order valence-corrected chi connectivity index (χ0v) is 16.1. The van der Waals surface area contributed by atoms with Crippen molar-refractivity contribution in [3.63, 3.8) is 0 Å². The molecule has 0 radical (unpaired) electrons. The van der Waals surface area contributed by atoms with E-state index in [1.54, 1.807) is 24.5 Å². The van der Waals surface area contributed by atoms with Gasteiger partial charge in [0.05, 0.1) is 17.2 Å². The number of aromatic nitrogens is 2. The first-order valence-electron chi connectivity index (χ1n) is 8.91. The quantitative estimate of drug-likeness (QED) is 0.438. The van der Waals surface area contributed by atoms with Crippen LogP contribution >= 0.6 is 11.6 Å². The zero-order valence-electron chi connectivity index (χ0n) is 15.3. The van der Waals surface area contributed by atoms with Crippen LogP contribution in [0.3, 0.4) is 0 Å². The highest BCUT2D eigenvalue weighted by Crippen LogP contribution is 2.39. The van der Waals surface area contributed by atoms with Crippen molar-refractivity contribution in [2.75, 3.05) is 0 Å². The van der Waals surface area contributed by atoms with Gasteiger partial charge in [-0.25, -0.2) is 13.2 Å². The van der Waals surface area contributed by atoms with Crippen molar-refractivity contribution >= 4 is 11.6 Å². The molecule has 152 valence electrons. The monoisotopic (exact) mass is 430 g/mol. The van der Waals surface area contributed by atoms with Crippen LogP contribution in [0.1, 0.15) is 17.2 Å². The zero-order chi connectivity index (χ0) is 21.3. The highest BCUT2D eigenvalue weighted by atomic mass is 35.5. The van der Waals surface area contributed by atoms with Crippen LogP contribution in [0.5, 0.6) is 0 Å². The third-order valence-electron chi connectivity index (χ3n) is 4.58. The van der Waals surface area contributed by atoms with Crippen LogP contribution in [0, 0.1) is 17.5 Å². The van der Waals surface area contributed by atoms with Gasteiger partial charge in [0, 0.05) is 35.5 Å². The Morgan fingerprint density at radius 1 is 1.00 bits per heavy atom. The van der Waals surface area contributed by atoms with Crippen LogP contribution in [0.4, 0.5) is 13.2 Å². The fourth-order valence-corrected chi connectivity index (χ4v) is 3.35. The normalized spacial score (nSPS) is 12.2. The lowest BCUT2D eigenvalue weighted by Crippen LogP contribution is -2.05. The molecular weight excluding hydrogens is 417 g/mol. The van der Waals surface area contributed by atoms with Crippen molar-refractivity contribution < 1.29 is 22.8 Å². The Labute approximate surface area is 174 Å². The molecule has 0 spiro atoms. The van der Waals surface area contributed by atoms with E-state index in [-0.39, 0.29) is 39.6 Å². The molecule has 4 nitrogen and oxygen atoms in total. The highest BCUT2D eigenvalue weighted by molar-refractivity contribution is 6.30. The smallest absolute Gasteiger partial charge is 0.176 e. The second-order valence-electron chi connectivity index (χ2n) is 6.60. The van der Waals surface area contributed by atoms with Gasteiger partial charge in [0.2, 0.25) is 0 Å². The first kappa shape index (κ1) is 20.1. The van der Waals surface area contributed by atoms with E-state index < -0.39 is 23.6 Å². The summed E-state index contributed by atoms with van der Waals surface area (Å²) in [5.41, 5.74) is 0.686. The molecule has 4 rings (SSSR count). The van der Waals surface area contributed by atoms with Crippen LogP contribution in [-0.4, -0.2) is 15.2 Å². The number of halogens is 4. The lowest BCUT2D eigenvalue weighted by atomic mass is 9.94. The largest absolute Gasteiger partial charge is 0.388 e. The third-order valence-corrected chi connectivity index (χ3v) is 4.81. The molecular formula is C22H14ClF3N2O2. The van der Waals surface area contributed by atoms with Crippen molar-refractivity contribution in [2.24, 2.45) is 0 Å². The van der Waals surface area contributed by atoms with Crippen molar-refractivity contribution in [3.8, 4) is 22.6 Å². The van der Waals surface area contributed by atoms with Crippen LogP contribution in [0.15, 0.2) is 65.4 Å². The molecule has 0 bridgehead atoms. The molecule has 1 N–H and O–H groups in total. The molecule has 1 atom stereocenters. The number of aliphatic hydroxyl groups is 1. The van der Waals surface area contributed by atoms with E-state index in [4.69, 9.17) is 16.1 Å². The molecule has 0 fully saturated rings. The highest BCUT2D eigenvalue weighted by Gasteiger charge is 2.28. The predicted molar refractivity (Wildman–Crippen MR) is 105 cm³/mol. The van der Waals surface area contributed by atoms with Gasteiger partial charge in [0.25, 0.3) is 0 Å². The fraction of sp³-hybridized carbons (Fsp3) is 0.0909. The summed E-state index contributed by atoms with van der Waals surface area (Å²) in [6.45, 7) is 0. The minimum absolute atomic E-state index is 0.000665. The third kappa shape index (κ3) is 3.94. The lowest BCUT2D eigenvalue weighted by Gasteiger charge is -2.13. The van der Waals surface area contributed by atoms with E-state index in [2.05, 4.69) is 10.1 Å². The maximum Gasteiger partial charge on any atom is 0.176 e. The molecule has 8 heteroatoms. The Morgan fingerprint density at radius 3 is 2.47 bits per heavy atom. The predicted octanol–water partition coefficient (Wildman–Crippen LogP) is 5.75. The number of benzene rings is 2. The van der Waals surface area contributed by atoms with Gasteiger partial charge in [-0.15, -0.1) is 0 Å². The van der Waals surface area contributed by atoms with Crippen molar-refractivity contribution in [2.45, 2.75) is 12.5 Å². The van der Waals surface area contributed by atoms with Gasteiger partial charge in [-0.2, -0.15) is 0 Å². The average Bonchev–Trinajstić information content (AvgIpc) is 3.13. The van der Waals surface area contributed by atoms with Gasteiger partial charge in [-0.05, 0) is 42.0 Å². The molecule has 0 aliphatic carbocycles. The fourth-order valence-electron chi connectivity index (χ4n) is 3.19. The maximum atomic E-state index is 14.6. The minimum atomic E-state index is -1.23. The summed E-state index contributed by atoms with van der Waals surface area (Å²) >= 11 is 5.83. The Hall–Kier alpha value is -3.16. The standard InChI is InChI=1S/C22H14ClF3N2O2/c23-13-3-5-15(17(25)9-13)21-20(19(29)8-12-2-1-7-27-11-12)22(30-28-21)16-6-4-14(24)10-18(16)26/h1-7,9-11,19,29H,8H2. The molecule has 0 saturated heterocycles. The molecule has 2 aromatic carbocycles. The van der Waals surface area contributed by atoms with Crippen molar-refractivity contribution in [3.05, 3.63) is 94.5 Å². The molecule has 1 unspecified atom stereocenters. The Balaban J connectivity index is 1.87. The molecule has 30 heavy (non-hydrogen) atoms. The summed E-state index contributed by atoms with van der Waals surface area (Å²) in [5.74, 6) is -2.47. The van der Waals surface area contributed by atoms with Crippen molar-refractivity contribution in [1.29, 1.82) is 0 Å². The van der Waals surface area contributed by atoms with Crippen molar-refractivity contribution in [1.82, 2.24) is 10.1 Å². The maximum absolute atomic E-state index is 14.6. The van der Waals surface area contributed by atoms with Crippen LogP contribution in [-0.2, 0) is 6.42 Å². The number of rotatable bonds is 5. The van der Waals surface area contributed by atoms with Crippen LogP contribution in [0.2, 0.25) is 5.02 Å². The van der Waals surface area contributed by atoms with Gasteiger partial charge in [0.15, 0.2) is 5.76 Å². The molecule has 2 heterocycles. The van der Waals surface area contributed by atoms with Gasteiger partial charge in [-0.3, -0.25) is 4.98 Å². The molecule has 2 aromatic heterocycles. The van der Waals surface area contributed by atoms with E-state index in [1.807, 2.05) is 0 Å². The Bertz CT molecular complexity index is 1130. The molecule has 0 aliphatic heterocycles. The molecule has 0 aliphatic rings. The second kappa shape index (κ2) is 8.30. The van der Waals surface area contributed by atoms with E-state index >= 15 is 0 Å². The molecule has 0 amide bonds. The van der Waals surface area contributed by atoms with E-state index in [1.165, 1.54) is 18.2 Å². The summed E-state index contributed by atoms with van der Waals surface area (Å²) in [5, 5.41) is 15.0. The topological polar surface area (TPSA) is 59.2 Å². The van der Waals surface area contributed by atoms with Gasteiger partial charge < -0.3 is 9.63 Å². The van der Waals surface area contributed by atoms with Gasteiger partial charge >= 0.3 is 0 Å². The van der Waals surface area contributed by atoms with Gasteiger partial charge in [0.1, 0.15) is 23.1 Å². The Morgan fingerprint density at radius 2 is 1.77 bits per heavy atom. The number of aliphatic hydroxyl groups excluding tert-OH is 1. The number of hydrogen-bond acceptors (Lipinski definition) is 4. The minimum Gasteiger partial charge on any atom is -0.388 e. The first-order valence-corrected chi connectivity index (χ1v) is 9.29. The van der Waals surface area contributed by atoms with Gasteiger partial charge in [-0.1, -0.05) is 22.8 Å². The van der Waals surface area contributed by atoms with E-state index in [0.717, 1.165) is 12.1 Å². The lowest BCUT2D eigenvalue weighted by molar-refractivity contribution is 0.178. The molecule has 4 aromatic rings.